The Morgan fingerprint density at radius 1 is 1.30 bits per heavy atom. The molecule has 0 saturated heterocycles. The summed E-state index contributed by atoms with van der Waals surface area (Å²) in [6, 6.07) is -0.540. The molecule has 0 aliphatic heterocycles. The van der Waals surface area contributed by atoms with E-state index in [4.69, 9.17) is 0 Å². The zero-order valence-electron chi connectivity index (χ0n) is 12.4. The Morgan fingerprint density at radius 2 is 1.85 bits per heavy atom. The Bertz CT molecular complexity index is 511. The fourth-order valence-electron chi connectivity index (χ4n) is 2.32. The van der Waals surface area contributed by atoms with Crippen molar-refractivity contribution in [3.63, 3.8) is 0 Å². The Kier molecular flexibility index (Phi) is 4.53. The monoisotopic (exact) mass is 305 g/mol. The van der Waals surface area contributed by atoms with E-state index < -0.39 is 37.9 Å². The van der Waals surface area contributed by atoms with Crippen LogP contribution in [-0.2, 0) is 19.4 Å². The molecule has 1 aliphatic rings. The van der Waals surface area contributed by atoms with Crippen molar-refractivity contribution in [2.75, 3.05) is 6.26 Å². The van der Waals surface area contributed by atoms with Crippen molar-refractivity contribution < 1.29 is 23.1 Å². The van der Waals surface area contributed by atoms with E-state index >= 15 is 0 Å². The highest BCUT2D eigenvalue weighted by Gasteiger charge is 2.47. The van der Waals surface area contributed by atoms with Crippen LogP contribution >= 0.6 is 0 Å². The minimum absolute atomic E-state index is 0.479. The molecule has 0 aromatic carbocycles. The van der Waals surface area contributed by atoms with Crippen LogP contribution in [-0.4, -0.2) is 42.4 Å². The third-order valence-electron chi connectivity index (χ3n) is 4.48. The van der Waals surface area contributed by atoms with Gasteiger partial charge in [0.2, 0.25) is 5.91 Å². The van der Waals surface area contributed by atoms with Gasteiger partial charge < -0.3 is 10.4 Å². The van der Waals surface area contributed by atoms with Crippen LogP contribution in [0.1, 0.15) is 46.5 Å². The molecule has 1 rings (SSSR count). The normalized spacial score (nSPS) is 27.9. The van der Waals surface area contributed by atoms with Gasteiger partial charge in [-0.2, -0.15) is 0 Å². The number of aliphatic carboxylic acids is 1. The van der Waals surface area contributed by atoms with Crippen molar-refractivity contribution in [1.82, 2.24) is 5.32 Å². The molecular weight excluding hydrogens is 282 g/mol. The lowest BCUT2D eigenvalue weighted by molar-refractivity contribution is -0.152. The number of carbonyl (C=O) groups excluding carboxylic acids is 1. The number of nitrogens with one attached hydrogen (secondary N) is 1. The molecule has 0 spiro atoms. The lowest BCUT2D eigenvalue weighted by atomic mass is 9.71. The minimum Gasteiger partial charge on any atom is -0.481 e. The van der Waals surface area contributed by atoms with Gasteiger partial charge in [-0.1, -0.05) is 12.8 Å². The van der Waals surface area contributed by atoms with E-state index in [1.165, 1.54) is 13.8 Å². The molecule has 1 saturated carbocycles. The summed E-state index contributed by atoms with van der Waals surface area (Å²) in [4.78, 5) is 23.7. The highest BCUT2D eigenvalue weighted by Crippen LogP contribution is 2.36. The fraction of sp³-hybridized carbons (Fsp3) is 0.846. The number of sulfone groups is 1. The summed E-state index contributed by atoms with van der Waals surface area (Å²) in [5, 5.41) is 12.0. The van der Waals surface area contributed by atoms with Gasteiger partial charge in [-0.3, -0.25) is 9.59 Å². The molecule has 2 N–H and O–H groups in total. The second kappa shape index (κ2) is 5.35. The topological polar surface area (TPSA) is 101 Å². The Morgan fingerprint density at radius 3 is 2.30 bits per heavy atom. The number of hydrogen-bond acceptors (Lipinski definition) is 4. The molecular formula is C13H23NO5S. The summed E-state index contributed by atoms with van der Waals surface area (Å²) in [6.07, 6.45) is 3.66. The fourth-order valence-corrected chi connectivity index (χ4v) is 2.72. The Balaban J connectivity index is 2.97. The third kappa shape index (κ3) is 2.97. The van der Waals surface area contributed by atoms with Gasteiger partial charge in [0, 0.05) is 12.3 Å². The van der Waals surface area contributed by atoms with E-state index in [2.05, 4.69) is 5.32 Å². The first-order valence-electron chi connectivity index (χ1n) is 6.67. The zero-order valence-corrected chi connectivity index (χ0v) is 13.2. The van der Waals surface area contributed by atoms with Gasteiger partial charge in [0.05, 0.1) is 5.41 Å². The van der Waals surface area contributed by atoms with Crippen molar-refractivity contribution in [3.05, 3.63) is 0 Å². The van der Waals surface area contributed by atoms with Crippen LogP contribution < -0.4 is 5.32 Å². The van der Waals surface area contributed by atoms with E-state index in [1.54, 1.807) is 6.92 Å². The molecule has 0 aromatic rings. The SMILES string of the molecule is CC1(C(=O)O)CCCCC1NC(=O)C(C)(C)S(C)(=O)=O. The molecule has 0 heterocycles. The molecule has 1 fully saturated rings. The highest BCUT2D eigenvalue weighted by molar-refractivity contribution is 7.92. The van der Waals surface area contributed by atoms with Gasteiger partial charge in [-0.05, 0) is 33.6 Å². The molecule has 116 valence electrons. The second-order valence-electron chi connectivity index (χ2n) is 6.28. The quantitative estimate of drug-likeness (QED) is 0.805. The van der Waals surface area contributed by atoms with Gasteiger partial charge in [0.15, 0.2) is 9.84 Å². The van der Waals surface area contributed by atoms with Gasteiger partial charge in [-0.25, -0.2) is 8.42 Å². The summed E-state index contributed by atoms with van der Waals surface area (Å²) in [5.41, 5.74) is -1.04. The van der Waals surface area contributed by atoms with Crippen LogP contribution in [0.15, 0.2) is 0 Å². The maximum absolute atomic E-state index is 12.2. The molecule has 2 unspecified atom stereocenters. The highest BCUT2D eigenvalue weighted by atomic mass is 32.2. The van der Waals surface area contributed by atoms with Gasteiger partial charge in [0.1, 0.15) is 4.75 Å². The summed E-state index contributed by atoms with van der Waals surface area (Å²) >= 11 is 0. The largest absolute Gasteiger partial charge is 0.481 e. The minimum atomic E-state index is -3.57. The lowest BCUT2D eigenvalue weighted by Crippen LogP contribution is -2.57. The first-order valence-corrected chi connectivity index (χ1v) is 8.56. The van der Waals surface area contributed by atoms with Gasteiger partial charge in [0.25, 0.3) is 0 Å². The van der Waals surface area contributed by atoms with Crippen LogP contribution in [0.25, 0.3) is 0 Å². The molecule has 0 bridgehead atoms. The third-order valence-corrected chi connectivity index (χ3v) is 6.52. The molecule has 2 atom stereocenters. The van der Waals surface area contributed by atoms with Crippen molar-refractivity contribution >= 4 is 21.7 Å². The molecule has 1 amide bonds. The molecule has 0 radical (unpaired) electrons. The van der Waals surface area contributed by atoms with Crippen LogP contribution in [0.4, 0.5) is 0 Å². The standard InChI is InChI=1S/C13H23NO5S/c1-12(2,20(4,18)19)10(15)14-9-7-5-6-8-13(9,3)11(16)17/h9H,5-8H2,1-4H3,(H,14,15)(H,16,17). The van der Waals surface area contributed by atoms with Gasteiger partial charge >= 0.3 is 5.97 Å². The summed E-state index contributed by atoms with van der Waals surface area (Å²) < 4.78 is 21.7. The molecule has 20 heavy (non-hydrogen) atoms. The van der Waals surface area contributed by atoms with Crippen LogP contribution in [0.2, 0.25) is 0 Å². The van der Waals surface area contributed by atoms with Crippen LogP contribution in [0.5, 0.6) is 0 Å². The number of hydrogen-bond donors (Lipinski definition) is 2. The number of amides is 1. The van der Waals surface area contributed by atoms with Crippen molar-refractivity contribution in [1.29, 1.82) is 0 Å². The van der Waals surface area contributed by atoms with E-state index in [-0.39, 0.29) is 0 Å². The second-order valence-corrected chi connectivity index (χ2v) is 8.84. The van der Waals surface area contributed by atoms with Gasteiger partial charge in [-0.15, -0.1) is 0 Å². The van der Waals surface area contributed by atoms with Crippen LogP contribution in [0, 0.1) is 5.41 Å². The number of carboxylic acids is 1. The first kappa shape index (κ1) is 16.9. The number of rotatable bonds is 4. The number of carbonyl (C=O) groups is 2. The lowest BCUT2D eigenvalue weighted by Gasteiger charge is -2.39. The predicted molar refractivity (Wildman–Crippen MR) is 75.1 cm³/mol. The smallest absolute Gasteiger partial charge is 0.311 e. The summed E-state index contributed by atoms with van der Waals surface area (Å²) in [7, 11) is -3.57. The van der Waals surface area contributed by atoms with Crippen molar-refractivity contribution in [2.45, 2.75) is 57.2 Å². The maximum Gasteiger partial charge on any atom is 0.311 e. The first-order chi connectivity index (χ1) is 8.93. The van der Waals surface area contributed by atoms with Crippen molar-refractivity contribution in [3.8, 4) is 0 Å². The average Bonchev–Trinajstić information content (AvgIpc) is 2.30. The van der Waals surface area contributed by atoms with E-state index in [9.17, 15) is 23.1 Å². The molecule has 7 heteroatoms. The maximum atomic E-state index is 12.2. The number of carboxylic acid groups (broad SMARTS) is 1. The summed E-state index contributed by atoms with van der Waals surface area (Å²) in [5.74, 6) is -1.60. The molecule has 6 nitrogen and oxygen atoms in total. The Hall–Kier alpha value is -1.11. The Labute approximate surface area is 119 Å². The van der Waals surface area contributed by atoms with E-state index in [0.717, 1.165) is 19.1 Å². The van der Waals surface area contributed by atoms with E-state index in [1.807, 2.05) is 0 Å². The summed E-state index contributed by atoms with van der Waals surface area (Å²) in [6.45, 7) is 4.27. The van der Waals surface area contributed by atoms with Crippen molar-refractivity contribution in [2.24, 2.45) is 5.41 Å². The molecule has 0 aromatic heterocycles. The zero-order chi connectivity index (χ0) is 15.8. The van der Waals surface area contributed by atoms with Crippen LogP contribution in [0.3, 0.4) is 0 Å². The van der Waals surface area contributed by atoms with E-state index in [0.29, 0.717) is 12.8 Å². The predicted octanol–water partition coefficient (Wildman–Crippen LogP) is 0.959. The average molecular weight is 305 g/mol. The molecule has 1 aliphatic carbocycles.